The molecule has 0 aliphatic heterocycles. The summed E-state index contributed by atoms with van der Waals surface area (Å²) < 4.78 is 4.27. The summed E-state index contributed by atoms with van der Waals surface area (Å²) in [4.78, 5) is 16.3. The number of aliphatic hydroxyl groups excluding tert-OH is 1. The van der Waals surface area contributed by atoms with Gasteiger partial charge in [-0.05, 0) is 30.2 Å². The van der Waals surface area contributed by atoms with Crippen LogP contribution in [0.15, 0.2) is 59.5 Å². The van der Waals surface area contributed by atoms with Gasteiger partial charge < -0.3 is 15.5 Å². The molecule has 3 aromatic heterocycles. The van der Waals surface area contributed by atoms with Crippen molar-refractivity contribution in [1.29, 1.82) is 0 Å². The van der Waals surface area contributed by atoms with Crippen LogP contribution in [0.2, 0.25) is 0 Å². The average Bonchev–Trinajstić information content (AvgIpc) is 3.20. The number of hydrogen-bond donors (Lipinski definition) is 3. The zero-order chi connectivity index (χ0) is 22.7. The molecule has 4 rings (SSSR count). The Morgan fingerprint density at radius 3 is 2.84 bits per heavy atom. The van der Waals surface area contributed by atoms with Gasteiger partial charge in [0, 0.05) is 39.8 Å². The Kier molecular flexibility index (Phi) is 6.48. The van der Waals surface area contributed by atoms with E-state index in [1.807, 2.05) is 49.5 Å². The number of nitrogens with one attached hydrogen (secondary N) is 1. The Bertz CT molecular complexity index is 1290. The van der Waals surface area contributed by atoms with Gasteiger partial charge in [0.15, 0.2) is 18.0 Å². The van der Waals surface area contributed by atoms with Gasteiger partial charge in [0.05, 0.1) is 18.3 Å². The van der Waals surface area contributed by atoms with Gasteiger partial charge in [-0.15, -0.1) is 0 Å². The van der Waals surface area contributed by atoms with Crippen molar-refractivity contribution in [2.75, 3.05) is 5.32 Å². The molecular weight excluding hydrogens is 474 g/mol. The number of carboxylic acids is 1. The summed E-state index contributed by atoms with van der Waals surface area (Å²) in [7, 11) is 0. The van der Waals surface area contributed by atoms with Gasteiger partial charge in [-0.2, -0.15) is 14.2 Å². The molecule has 0 saturated carbocycles. The summed E-state index contributed by atoms with van der Waals surface area (Å²) in [6, 6.07) is 11.3. The van der Waals surface area contributed by atoms with E-state index in [-0.39, 0.29) is 13.2 Å². The number of anilines is 1. The van der Waals surface area contributed by atoms with Gasteiger partial charge in [0.25, 0.3) is 0 Å². The monoisotopic (exact) mass is 496 g/mol. The number of aromatic nitrogens is 4. The van der Waals surface area contributed by atoms with E-state index in [1.165, 1.54) is 0 Å². The number of carbonyl (C=O) groups is 1. The SMILES string of the molecule is CCc1cnn2c(NCc3ccc[n+](CO)c3)cc(-c3ccc(Br)cc3CC(=O)O)nc12. The third kappa shape index (κ3) is 4.63. The number of aliphatic hydroxyl groups is 1. The summed E-state index contributed by atoms with van der Waals surface area (Å²) in [6.45, 7) is 2.47. The predicted molar refractivity (Wildman–Crippen MR) is 123 cm³/mol. The second kappa shape index (κ2) is 9.46. The van der Waals surface area contributed by atoms with E-state index >= 15 is 0 Å². The van der Waals surface area contributed by atoms with Gasteiger partial charge in [0.2, 0.25) is 6.73 Å². The molecule has 0 unspecified atom stereocenters. The maximum atomic E-state index is 11.4. The number of fused-ring (bicyclic) bond motifs is 1. The van der Waals surface area contributed by atoms with E-state index in [0.29, 0.717) is 17.8 Å². The molecule has 32 heavy (non-hydrogen) atoms. The number of benzene rings is 1. The van der Waals surface area contributed by atoms with Crippen LogP contribution in [0.4, 0.5) is 5.82 Å². The van der Waals surface area contributed by atoms with Crippen LogP contribution in [0, 0.1) is 0 Å². The molecule has 0 fully saturated rings. The van der Waals surface area contributed by atoms with Gasteiger partial charge in [-0.3, -0.25) is 4.79 Å². The fourth-order valence-electron chi connectivity index (χ4n) is 3.60. The molecule has 164 valence electrons. The largest absolute Gasteiger partial charge is 0.481 e. The van der Waals surface area contributed by atoms with Crippen LogP contribution in [-0.4, -0.2) is 30.8 Å². The van der Waals surface area contributed by atoms with Crippen LogP contribution < -0.4 is 9.88 Å². The molecule has 3 N–H and O–H groups in total. The van der Waals surface area contributed by atoms with Crippen LogP contribution in [0.25, 0.3) is 16.9 Å². The molecule has 0 atom stereocenters. The number of carboxylic acid groups (broad SMARTS) is 1. The van der Waals surface area contributed by atoms with Crippen LogP contribution in [0.3, 0.4) is 0 Å². The summed E-state index contributed by atoms with van der Waals surface area (Å²) >= 11 is 3.43. The van der Waals surface area contributed by atoms with Crippen molar-refractivity contribution < 1.29 is 19.6 Å². The average molecular weight is 497 g/mol. The second-order valence-corrected chi connectivity index (χ2v) is 8.29. The lowest BCUT2D eigenvalue weighted by Gasteiger charge is -2.13. The van der Waals surface area contributed by atoms with E-state index in [9.17, 15) is 15.0 Å². The molecule has 1 aromatic carbocycles. The molecule has 9 heteroatoms. The zero-order valence-electron chi connectivity index (χ0n) is 17.5. The molecule has 4 aromatic rings. The van der Waals surface area contributed by atoms with Crippen molar-refractivity contribution in [2.45, 2.75) is 33.0 Å². The Hall–Kier alpha value is -3.30. The summed E-state index contributed by atoms with van der Waals surface area (Å²) in [5.74, 6) is -0.156. The third-order valence-electron chi connectivity index (χ3n) is 5.17. The maximum absolute atomic E-state index is 11.4. The van der Waals surface area contributed by atoms with E-state index in [2.05, 4.69) is 26.3 Å². The van der Waals surface area contributed by atoms with E-state index < -0.39 is 5.97 Å². The molecule has 0 spiro atoms. The van der Waals surface area contributed by atoms with Gasteiger partial charge >= 0.3 is 5.97 Å². The van der Waals surface area contributed by atoms with Crippen molar-refractivity contribution in [3.63, 3.8) is 0 Å². The summed E-state index contributed by atoms with van der Waals surface area (Å²) in [6.07, 6.45) is 6.14. The zero-order valence-corrected chi connectivity index (χ0v) is 19.1. The fraction of sp³-hybridized carbons (Fsp3) is 0.217. The topological polar surface area (TPSA) is 104 Å². The summed E-state index contributed by atoms with van der Waals surface area (Å²) in [5.41, 5.74) is 4.85. The van der Waals surface area contributed by atoms with Crippen LogP contribution in [0.5, 0.6) is 0 Å². The first kappa shape index (κ1) is 21.9. The van der Waals surface area contributed by atoms with Gasteiger partial charge in [-0.1, -0.05) is 28.9 Å². The normalized spacial score (nSPS) is 11.1. The van der Waals surface area contributed by atoms with Crippen LogP contribution in [-0.2, 0) is 30.9 Å². The minimum absolute atomic E-state index is 0.0908. The molecule has 0 aliphatic carbocycles. The molecule has 8 nitrogen and oxygen atoms in total. The molecule has 0 aliphatic rings. The molecule has 0 radical (unpaired) electrons. The first-order valence-corrected chi connectivity index (χ1v) is 11.0. The third-order valence-corrected chi connectivity index (χ3v) is 5.66. The van der Waals surface area contributed by atoms with Crippen molar-refractivity contribution in [1.82, 2.24) is 14.6 Å². The van der Waals surface area contributed by atoms with Crippen LogP contribution >= 0.6 is 15.9 Å². The number of nitrogens with zero attached hydrogens (tertiary/aromatic N) is 4. The highest BCUT2D eigenvalue weighted by molar-refractivity contribution is 9.10. The lowest BCUT2D eigenvalue weighted by molar-refractivity contribution is -0.730. The van der Waals surface area contributed by atoms with E-state index in [1.54, 1.807) is 21.5 Å². The van der Waals surface area contributed by atoms with Crippen molar-refractivity contribution >= 4 is 33.4 Å². The smallest absolute Gasteiger partial charge is 0.307 e. The lowest BCUT2D eigenvalue weighted by Crippen LogP contribution is -2.33. The highest BCUT2D eigenvalue weighted by Gasteiger charge is 2.16. The van der Waals surface area contributed by atoms with Gasteiger partial charge in [-0.25, -0.2) is 4.98 Å². The summed E-state index contributed by atoms with van der Waals surface area (Å²) in [5, 5.41) is 26.7. The van der Waals surface area contributed by atoms with Crippen molar-refractivity contribution in [3.05, 3.63) is 76.2 Å². The molecule has 0 bridgehead atoms. The minimum atomic E-state index is -0.899. The molecular formula is C23H23BrN5O3+. The highest BCUT2D eigenvalue weighted by Crippen LogP contribution is 2.29. The Labute approximate surface area is 193 Å². The number of aliphatic carboxylic acids is 1. The minimum Gasteiger partial charge on any atom is -0.481 e. The first-order valence-electron chi connectivity index (χ1n) is 10.2. The predicted octanol–water partition coefficient (Wildman–Crippen LogP) is 3.20. The van der Waals surface area contributed by atoms with Crippen molar-refractivity contribution in [2.24, 2.45) is 0 Å². The molecule has 0 amide bonds. The fourth-order valence-corrected chi connectivity index (χ4v) is 4.01. The number of halogens is 1. The molecule has 0 saturated heterocycles. The van der Waals surface area contributed by atoms with Gasteiger partial charge in [0.1, 0.15) is 5.82 Å². The Morgan fingerprint density at radius 1 is 1.25 bits per heavy atom. The quantitative estimate of drug-likeness (QED) is 0.323. The Morgan fingerprint density at radius 2 is 2.09 bits per heavy atom. The number of pyridine rings is 1. The highest BCUT2D eigenvalue weighted by atomic mass is 79.9. The Balaban J connectivity index is 1.79. The first-order chi connectivity index (χ1) is 15.5. The lowest BCUT2D eigenvalue weighted by atomic mass is 10.0. The molecule has 3 heterocycles. The van der Waals surface area contributed by atoms with E-state index in [4.69, 9.17) is 4.98 Å². The number of rotatable bonds is 8. The number of hydrogen-bond acceptors (Lipinski definition) is 5. The maximum Gasteiger partial charge on any atom is 0.307 e. The van der Waals surface area contributed by atoms with E-state index in [0.717, 1.165) is 39.0 Å². The standard InChI is InChI=1S/C23H22BrN5O3/c1-2-16-12-26-29-21(25-11-15-4-3-7-28(13-15)14-30)10-20(27-23(16)29)19-6-5-18(24)8-17(19)9-22(31)32/h3-8,10,12-13,30H,2,9,11,14H2,1H3,(H-,25,26,27,31,32)/p+1. The number of aryl methyl sites for hydroxylation is 1. The van der Waals surface area contributed by atoms with Crippen molar-refractivity contribution in [3.8, 4) is 11.3 Å². The van der Waals surface area contributed by atoms with Crippen LogP contribution in [0.1, 0.15) is 23.6 Å². The second-order valence-electron chi connectivity index (χ2n) is 7.38.